The zero-order chi connectivity index (χ0) is 58.5. The molecule has 86 heavy (non-hydrogen) atoms. The summed E-state index contributed by atoms with van der Waals surface area (Å²) in [5, 5.41) is 14.9. The molecule has 13 aliphatic rings. The summed E-state index contributed by atoms with van der Waals surface area (Å²) in [5.41, 5.74) is 30.4. The zero-order valence-electron chi connectivity index (χ0n) is 47.1. The minimum Gasteiger partial charge on any atom is -0.399 e. The van der Waals surface area contributed by atoms with Gasteiger partial charge in [-0.15, -0.1) is 0 Å². The number of anilines is 10. The molecule has 0 saturated carbocycles. The second kappa shape index (κ2) is 20.3. The van der Waals surface area contributed by atoms with Crippen LogP contribution in [0.3, 0.4) is 0 Å². The average molecular weight is 1130 g/mol. The summed E-state index contributed by atoms with van der Waals surface area (Å²) in [6.45, 7) is 4.22. The second-order valence-corrected chi connectivity index (χ2v) is 22.5. The van der Waals surface area contributed by atoms with E-state index in [9.17, 15) is 14.4 Å². The molecule has 16 bridgehead atoms. The van der Waals surface area contributed by atoms with Gasteiger partial charge in [-0.25, -0.2) is 0 Å². The lowest BCUT2D eigenvalue weighted by molar-refractivity contribution is 0.0985. The standard InChI is InChI=1S/C72H58N10O4/c1-3-41-5-25-53(26-6-41)79-65-57-33-9-45(39-63(57)71(79)85)46-10-34-58-64(40-46)72(86)80(55-29-13-47(73)14-30-55)66(58)76-50-19-23-52(24-20-50)78-68-62-38-44(12-36-60(62)70(84)82(68)56-31-15-48(74)16-32-56)43-11-35-59-61(37-43)67(77-51-21-17-49(75-65)18-22-51)81(69(59)83)54-27-7-42(4-2)8-28-54/h5-40,65-68,75-78H,3-4,73-74H2,1-2H3. The van der Waals surface area contributed by atoms with Gasteiger partial charge in [0.25, 0.3) is 23.6 Å². The molecule has 420 valence electrons. The highest BCUT2D eigenvalue weighted by Crippen LogP contribution is 2.47. The van der Waals surface area contributed by atoms with Crippen molar-refractivity contribution in [1.29, 1.82) is 0 Å². The van der Waals surface area contributed by atoms with Crippen LogP contribution in [0, 0.1) is 0 Å². The Morgan fingerprint density at radius 2 is 0.570 bits per heavy atom. The summed E-state index contributed by atoms with van der Waals surface area (Å²) >= 11 is 0. The molecule has 0 spiro atoms. The van der Waals surface area contributed by atoms with Gasteiger partial charge >= 0.3 is 0 Å². The second-order valence-electron chi connectivity index (χ2n) is 22.5. The first-order valence-electron chi connectivity index (χ1n) is 29.0. The van der Waals surface area contributed by atoms with Crippen molar-refractivity contribution in [2.45, 2.75) is 51.4 Å². The van der Waals surface area contributed by atoms with Crippen molar-refractivity contribution >= 4 is 80.5 Å². The number of hydrogen-bond acceptors (Lipinski definition) is 10. The van der Waals surface area contributed by atoms with Crippen molar-refractivity contribution in [3.05, 3.63) is 274 Å². The first-order valence-corrected chi connectivity index (χ1v) is 29.0. The van der Waals surface area contributed by atoms with E-state index in [0.717, 1.165) is 103 Å². The van der Waals surface area contributed by atoms with E-state index in [4.69, 9.17) is 11.5 Å². The molecule has 4 amide bonds. The maximum Gasteiger partial charge on any atom is 0.260 e. The van der Waals surface area contributed by atoms with Gasteiger partial charge < -0.3 is 32.7 Å². The molecule has 0 radical (unpaired) electrons. The van der Waals surface area contributed by atoms with E-state index >= 15 is 4.79 Å². The predicted molar refractivity (Wildman–Crippen MR) is 343 cm³/mol. The smallest absolute Gasteiger partial charge is 0.260 e. The number of hydrogen-bond donors (Lipinski definition) is 6. The fraction of sp³-hybridized carbons (Fsp3) is 0.111. The van der Waals surface area contributed by atoms with Crippen LogP contribution in [-0.4, -0.2) is 23.6 Å². The van der Waals surface area contributed by atoms with Crippen LogP contribution in [0.15, 0.2) is 218 Å². The number of carbonyl (C=O) groups excluding carboxylic acids is 4. The van der Waals surface area contributed by atoms with Crippen molar-refractivity contribution in [1.82, 2.24) is 0 Å². The molecular weight excluding hydrogens is 1070 g/mol. The van der Waals surface area contributed by atoms with Crippen molar-refractivity contribution in [3.63, 3.8) is 0 Å². The Kier molecular flexibility index (Phi) is 12.2. The lowest BCUT2D eigenvalue weighted by Crippen LogP contribution is -2.32. The Hall–Kier alpha value is -11.1. The Bertz CT molecular complexity index is 4400. The van der Waals surface area contributed by atoms with E-state index in [2.05, 4.69) is 71.5 Å². The highest BCUT2D eigenvalue weighted by molar-refractivity contribution is 6.15. The van der Waals surface area contributed by atoms with Gasteiger partial charge in [0, 0.05) is 101 Å². The molecular formula is C72H58N10O4. The average Bonchev–Trinajstić information content (AvgIpc) is 2.65. The molecule has 0 fully saturated rings. The maximum absolute atomic E-state index is 15.0. The summed E-state index contributed by atoms with van der Waals surface area (Å²) in [4.78, 5) is 66.6. The van der Waals surface area contributed by atoms with Gasteiger partial charge in [-0.2, -0.15) is 0 Å². The van der Waals surface area contributed by atoms with Gasteiger partial charge in [0.1, 0.15) is 24.7 Å². The van der Waals surface area contributed by atoms with Crippen LogP contribution in [0.5, 0.6) is 0 Å². The third-order valence-electron chi connectivity index (χ3n) is 17.5. The fourth-order valence-electron chi connectivity index (χ4n) is 12.8. The Morgan fingerprint density at radius 1 is 0.302 bits per heavy atom. The summed E-state index contributed by atoms with van der Waals surface area (Å²) < 4.78 is 0. The summed E-state index contributed by atoms with van der Waals surface area (Å²) in [7, 11) is 0. The Balaban J connectivity index is 0.872. The van der Waals surface area contributed by atoms with E-state index in [1.807, 2.05) is 168 Å². The van der Waals surface area contributed by atoms with Gasteiger partial charge in [0.15, 0.2) is 0 Å². The zero-order valence-corrected chi connectivity index (χ0v) is 47.1. The molecule has 14 nitrogen and oxygen atoms in total. The third kappa shape index (κ3) is 8.63. The van der Waals surface area contributed by atoms with Crippen LogP contribution in [-0.2, 0) is 12.8 Å². The number of carbonyl (C=O) groups is 4. The number of nitrogen functional groups attached to an aromatic ring is 2. The van der Waals surface area contributed by atoms with E-state index in [0.29, 0.717) is 45.0 Å². The minimum absolute atomic E-state index is 0.130. The number of benzene rings is 10. The van der Waals surface area contributed by atoms with E-state index in [1.54, 1.807) is 34.1 Å². The fourth-order valence-corrected chi connectivity index (χ4v) is 12.8. The van der Waals surface area contributed by atoms with Gasteiger partial charge in [-0.3, -0.25) is 38.8 Å². The summed E-state index contributed by atoms with van der Waals surface area (Å²) in [6.07, 6.45) is -0.704. The molecule has 10 aromatic carbocycles. The van der Waals surface area contributed by atoms with Gasteiger partial charge in [0.2, 0.25) is 0 Å². The van der Waals surface area contributed by atoms with Crippen LogP contribution in [0.2, 0.25) is 0 Å². The molecule has 13 heterocycles. The number of aryl methyl sites for hydroxylation is 2. The van der Waals surface area contributed by atoms with E-state index < -0.39 is 24.7 Å². The van der Waals surface area contributed by atoms with Gasteiger partial charge in [-0.1, -0.05) is 74.5 Å². The number of amides is 4. The molecule has 0 aromatic heterocycles. The normalized spacial score (nSPS) is 18.0. The van der Waals surface area contributed by atoms with Gasteiger partial charge in [-0.05, 0) is 204 Å². The molecule has 14 heteroatoms. The minimum atomic E-state index is -0.639. The van der Waals surface area contributed by atoms with Crippen LogP contribution in [0.1, 0.15) is 113 Å². The molecule has 13 aliphatic heterocycles. The first-order chi connectivity index (χ1) is 42.0. The number of rotatable bonds is 6. The molecule has 0 saturated heterocycles. The number of nitrogens with one attached hydrogen (secondary N) is 4. The molecule has 0 aliphatic carbocycles. The summed E-state index contributed by atoms with van der Waals surface area (Å²) in [5.74, 6) is -0.648. The van der Waals surface area contributed by atoms with Crippen LogP contribution in [0.25, 0.3) is 22.3 Å². The lowest BCUT2D eigenvalue weighted by atomic mass is 9.96. The number of nitrogens with zero attached hydrogens (tertiary/aromatic N) is 4. The Labute approximate surface area is 497 Å². The predicted octanol–water partition coefficient (Wildman–Crippen LogP) is 14.7. The Morgan fingerprint density at radius 3 is 0.884 bits per heavy atom. The van der Waals surface area contributed by atoms with Crippen LogP contribution in [0.4, 0.5) is 56.9 Å². The van der Waals surface area contributed by atoms with E-state index in [1.165, 1.54) is 0 Å². The third-order valence-corrected chi connectivity index (χ3v) is 17.5. The topological polar surface area (TPSA) is 181 Å². The molecule has 4 atom stereocenters. The number of nitrogens with two attached hydrogens (primary N) is 2. The SMILES string of the molecule is CCc1ccc(N2C(=O)c3cc4ccc3C2Nc2ccc(cc2)NC2c3cc(ccc3C(=O)N2c2ccc(CC)cc2)-c2ccc3c(c2)C(Nc2ccc(cc2)NC2c5ccc-4cc5C(=O)N2c2ccc(N)cc2)N(c2ccc(N)cc2)C3=O)cc1. The summed E-state index contributed by atoms with van der Waals surface area (Å²) in [6, 6.07) is 70.3. The van der Waals surface area contributed by atoms with E-state index in [-0.39, 0.29) is 23.6 Å². The molecule has 23 rings (SSSR count). The van der Waals surface area contributed by atoms with Crippen molar-refractivity contribution in [2.75, 3.05) is 52.3 Å². The maximum atomic E-state index is 15.0. The first kappa shape index (κ1) is 51.7. The van der Waals surface area contributed by atoms with Crippen LogP contribution >= 0.6 is 0 Å². The van der Waals surface area contributed by atoms with Crippen molar-refractivity contribution in [3.8, 4) is 22.3 Å². The molecule has 10 aromatic rings. The van der Waals surface area contributed by atoms with Crippen molar-refractivity contribution < 1.29 is 19.2 Å². The highest BCUT2D eigenvalue weighted by Gasteiger charge is 2.43. The molecule has 8 N–H and O–H groups in total. The van der Waals surface area contributed by atoms with Crippen molar-refractivity contribution in [2.24, 2.45) is 0 Å². The van der Waals surface area contributed by atoms with Gasteiger partial charge in [0.05, 0.1) is 0 Å². The molecule has 4 unspecified atom stereocenters. The van der Waals surface area contributed by atoms with Crippen LogP contribution < -0.4 is 52.3 Å². The lowest BCUT2D eigenvalue weighted by Gasteiger charge is -2.29. The highest BCUT2D eigenvalue weighted by atomic mass is 16.2. The monoisotopic (exact) mass is 1130 g/mol. The quantitative estimate of drug-likeness (QED) is 0.0877. The largest absolute Gasteiger partial charge is 0.399 e.